The monoisotopic (exact) mass is 419 g/mol. The van der Waals surface area contributed by atoms with E-state index in [1.165, 1.54) is 10.4 Å². The van der Waals surface area contributed by atoms with Crippen molar-refractivity contribution in [2.75, 3.05) is 39.3 Å². The normalized spacial score (nSPS) is 21.7. The topological polar surface area (TPSA) is 78.0 Å². The molecule has 2 aliphatic heterocycles. The van der Waals surface area contributed by atoms with Gasteiger partial charge in [-0.15, -0.1) is 0 Å². The predicted octanol–water partition coefficient (Wildman–Crippen LogP) is 1.95. The van der Waals surface area contributed by atoms with Gasteiger partial charge in [-0.3, -0.25) is 9.59 Å². The average Bonchev–Trinajstić information content (AvgIpc) is 2.72. The van der Waals surface area contributed by atoms with Gasteiger partial charge in [0, 0.05) is 45.2 Å². The first kappa shape index (κ1) is 20.3. The van der Waals surface area contributed by atoms with Gasteiger partial charge < -0.3 is 9.80 Å². The fraction of sp³-hybridized carbons (Fsp3) is 0.619. The number of nitrogens with zero attached hydrogens (tertiary/aromatic N) is 3. The van der Waals surface area contributed by atoms with Crippen LogP contribution in [0.5, 0.6) is 0 Å². The van der Waals surface area contributed by atoms with E-state index in [1.807, 2.05) is 4.90 Å². The number of hydrogen-bond donors (Lipinski definition) is 0. The molecule has 4 rings (SSSR count). The van der Waals surface area contributed by atoms with Gasteiger partial charge >= 0.3 is 0 Å². The third kappa shape index (κ3) is 4.05. The minimum Gasteiger partial charge on any atom is -0.339 e. The molecule has 0 N–H and O–H groups in total. The summed E-state index contributed by atoms with van der Waals surface area (Å²) in [5.41, 5.74) is 0.233. The predicted molar refractivity (Wildman–Crippen MR) is 109 cm³/mol. The average molecular weight is 420 g/mol. The lowest BCUT2D eigenvalue weighted by Crippen LogP contribution is -2.52. The molecule has 0 bridgehead atoms. The van der Waals surface area contributed by atoms with Gasteiger partial charge in [0.2, 0.25) is 15.9 Å². The van der Waals surface area contributed by atoms with Crippen LogP contribution >= 0.6 is 0 Å². The molecular weight excluding hydrogens is 390 g/mol. The molecule has 1 aromatic rings. The first-order chi connectivity index (χ1) is 14.0. The lowest BCUT2D eigenvalue weighted by atomic mass is 9.84. The Hall–Kier alpha value is -1.93. The largest absolute Gasteiger partial charge is 0.339 e. The van der Waals surface area contributed by atoms with Crippen molar-refractivity contribution < 1.29 is 18.0 Å². The summed E-state index contributed by atoms with van der Waals surface area (Å²) in [4.78, 5) is 29.2. The minimum atomic E-state index is -3.69. The summed E-state index contributed by atoms with van der Waals surface area (Å²) in [5, 5.41) is 0. The molecule has 3 fully saturated rings. The minimum absolute atomic E-state index is 0.0971. The van der Waals surface area contributed by atoms with Gasteiger partial charge in [0.15, 0.2) is 0 Å². The van der Waals surface area contributed by atoms with Crippen molar-refractivity contribution in [3.63, 3.8) is 0 Å². The molecule has 29 heavy (non-hydrogen) atoms. The van der Waals surface area contributed by atoms with E-state index in [-0.39, 0.29) is 28.2 Å². The standard InChI is InChI=1S/C21H29N3O4S/c25-20(17-7-6-8-17)22-13-15-23(16-14-22)21(26)18-9-2-3-10-19(18)29(27,28)24-11-4-1-5-12-24/h2-3,9-10,17H,1,4-8,11-16H2. The van der Waals surface area contributed by atoms with Crippen molar-refractivity contribution >= 4 is 21.8 Å². The van der Waals surface area contributed by atoms with Gasteiger partial charge in [-0.05, 0) is 37.8 Å². The van der Waals surface area contributed by atoms with E-state index < -0.39 is 10.0 Å². The first-order valence-corrected chi connectivity index (χ1v) is 12.1. The zero-order valence-corrected chi connectivity index (χ0v) is 17.6. The molecule has 2 saturated heterocycles. The number of piperazine rings is 1. The fourth-order valence-corrected chi connectivity index (χ4v) is 6.03. The second kappa shape index (κ2) is 8.44. The number of rotatable bonds is 4. The lowest BCUT2D eigenvalue weighted by molar-refractivity contribution is -0.139. The van der Waals surface area contributed by atoms with Crippen LogP contribution in [0, 0.1) is 5.92 Å². The molecule has 2 heterocycles. The number of piperidine rings is 1. The van der Waals surface area contributed by atoms with E-state index in [0.717, 1.165) is 38.5 Å². The Morgan fingerprint density at radius 3 is 2.03 bits per heavy atom. The summed E-state index contributed by atoms with van der Waals surface area (Å²) in [6.45, 7) is 2.93. The van der Waals surface area contributed by atoms with Crippen LogP contribution in [0.4, 0.5) is 0 Å². The summed E-state index contributed by atoms with van der Waals surface area (Å²) in [6.07, 6.45) is 5.81. The summed E-state index contributed by atoms with van der Waals surface area (Å²) in [5.74, 6) is 0.0982. The molecule has 0 unspecified atom stereocenters. The molecule has 0 spiro atoms. The lowest BCUT2D eigenvalue weighted by Gasteiger charge is -2.38. The molecule has 1 saturated carbocycles. The maximum absolute atomic E-state index is 13.2. The molecular formula is C21H29N3O4S. The number of amides is 2. The number of sulfonamides is 1. The SMILES string of the molecule is O=C(c1ccccc1S(=O)(=O)N1CCCCC1)N1CCN(C(=O)C2CCC2)CC1. The molecule has 0 radical (unpaired) electrons. The van der Waals surface area contributed by atoms with Crippen molar-refractivity contribution in [1.82, 2.24) is 14.1 Å². The van der Waals surface area contributed by atoms with E-state index in [4.69, 9.17) is 0 Å². The summed E-state index contributed by atoms with van der Waals surface area (Å²) in [6, 6.07) is 6.51. The quantitative estimate of drug-likeness (QED) is 0.747. The second-order valence-corrected chi connectivity index (χ2v) is 10.1. The van der Waals surface area contributed by atoms with Crippen LogP contribution in [0.1, 0.15) is 48.9 Å². The summed E-state index contributed by atoms with van der Waals surface area (Å²) >= 11 is 0. The third-order valence-corrected chi connectivity index (χ3v) is 8.34. The molecule has 158 valence electrons. The van der Waals surface area contributed by atoms with Crippen LogP contribution in [0.2, 0.25) is 0 Å². The van der Waals surface area contributed by atoms with Gasteiger partial charge in [0.05, 0.1) is 10.5 Å². The molecule has 8 heteroatoms. The van der Waals surface area contributed by atoms with Crippen LogP contribution in [0.25, 0.3) is 0 Å². The molecule has 2 amide bonds. The second-order valence-electron chi connectivity index (χ2n) is 8.21. The Morgan fingerprint density at radius 2 is 1.41 bits per heavy atom. The van der Waals surface area contributed by atoms with Crippen molar-refractivity contribution in [2.24, 2.45) is 5.92 Å². The molecule has 7 nitrogen and oxygen atoms in total. The van der Waals surface area contributed by atoms with Crippen molar-refractivity contribution in [1.29, 1.82) is 0 Å². The van der Waals surface area contributed by atoms with E-state index in [2.05, 4.69) is 0 Å². The molecule has 0 aromatic heterocycles. The molecule has 1 aromatic carbocycles. The van der Waals surface area contributed by atoms with Gasteiger partial charge in [-0.2, -0.15) is 4.31 Å². The van der Waals surface area contributed by atoms with Crippen LogP contribution in [0.15, 0.2) is 29.2 Å². The highest BCUT2D eigenvalue weighted by atomic mass is 32.2. The highest BCUT2D eigenvalue weighted by molar-refractivity contribution is 7.89. The maximum Gasteiger partial charge on any atom is 0.255 e. The Bertz CT molecular complexity index is 868. The van der Waals surface area contributed by atoms with Crippen molar-refractivity contribution in [3.8, 4) is 0 Å². The number of hydrogen-bond acceptors (Lipinski definition) is 4. The van der Waals surface area contributed by atoms with E-state index >= 15 is 0 Å². The number of benzene rings is 1. The number of carbonyl (C=O) groups is 2. The van der Waals surface area contributed by atoms with Gasteiger partial charge in [-0.25, -0.2) is 8.42 Å². The van der Waals surface area contributed by atoms with Gasteiger partial charge in [-0.1, -0.05) is 25.0 Å². The smallest absolute Gasteiger partial charge is 0.255 e. The van der Waals surface area contributed by atoms with Gasteiger partial charge in [0.25, 0.3) is 5.91 Å². The van der Waals surface area contributed by atoms with Crippen LogP contribution < -0.4 is 0 Å². The first-order valence-electron chi connectivity index (χ1n) is 10.7. The van der Waals surface area contributed by atoms with E-state index in [1.54, 1.807) is 23.1 Å². The van der Waals surface area contributed by atoms with Gasteiger partial charge in [0.1, 0.15) is 0 Å². The van der Waals surface area contributed by atoms with Crippen LogP contribution in [-0.4, -0.2) is 73.6 Å². The highest BCUT2D eigenvalue weighted by Crippen LogP contribution is 2.29. The Labute approximate surface area is 172 Å². The maximum atomic E-state index is 13.2. The van der Waals surface area contributed by atoms with E-state index in [9.17, 15) is 18.0 Å². The third-order valence-electron chi connectivity index (χ3n) is 6.38. The molecule has 0 atom stereocenters. The Morgan fingerprint density at radius 1 is 0.793 bits per heavy atom. The van der Waals surface area contributed by atoms with Crippen molar-refractivity contribution in [3.05, 3.63) is 29.8 Å². The van der Waals surface area contributed by atoms with Crippen molar-refractivity contribution in [2.45, 2.75) is 43.4 Å². The zero-order chi connectivity index (χ0) is 20.4. The van der Waals surface area contributed by atoms with Crippen LogP contribution in [0.3, 0.4) is 0 Å². The highest BCUT2D eigenvalue weighted by Gasteiger charge is 2.34. The summed E-state index contributed by atoms with van der Waals surface area (Å²) in [7, 11) is -3.69. The summed E-state index contributed by atoms with van der Waals surface area (Å²) < 4.78 is 27.8. The number of carbonyl (C=O) groups excluding carboxylic acids is 2. The fourth-order valence-electron chi connectivity index (χ4n) is 4.33. The Balaban J connectivity index is 1.48. The van der Waals surface area contributed by atoms with Crippen LogP contribution in [-0.2, 0) is 14.8 Å². The van der Waals surface area contributed by atoms with E-state index in [0.29, 0.717) is 39.3 Å². The molecule has 3 aliphatic rings. The molecule has 1 aliphatic carbocycles. The Kier molecular flexibility index (Phi) is 5.92. The zero-order valence-electron chi connectivity index (χ0n) is 16.8.